The standard InChI is InChI=1S/C16H25NO4/c1-2-3-4-5-6-7-10-21-16(20)12-17-13-8-9-14(18)15(19)11-13/h8-9,11,17-19H,2-7,10,12H2,1H3. The van der Waals surface area contributed by atoms with E-state index in [1.807, 2.05) is 0 Å². The van der Waals surface area contributed by atoms with Crippen LogP contribution in [0.25, 0.3) is 0 Å². The number of hydrogen-bond acceptors (Lipinski definition) is 5. The molecule has 0 aliphatic rings. The second kappa shape index (κ2) is 9.91. The van der Waals surface area contributed by atoms with E-state index in [9.17, 15) is 15.0 Å². The van der Waals surface area contributed by atoms with Crippen molar-refractivity contribution in [3.63, 3.8) is 0 Å². The lowest BCUT2D eigenvalue weighted by Gasteiger charge is -2.08. The smallest absolute Gasteiger partial charge is 0.325 e. The first kappa shape index (κ1) is 17.1. The molecule has 0 bridgehead atoms. The highest BCUT2D eigenvalue weighted by Crippen LogP contribution is 2.27. The van der Waals surface area contributed by atoms with Gasteiger partial charge in [0.1, 0.15) is 6.54 Å². The molecule has 0 radical (unpaired) electrons. The predicted octanol–water partition coefficient (Wildman–Crippen LogP) is 3.41. The zero-order chi connectivity index (χ0) is 15.5. The SMILES string of the molecule is CCCCCCCCOC(=O)CNc1ccc(O)c(O)c1. The van der Waals surface area contributed by atoms with E-state index in [-0.39, 0.29) is 24.0 Å². The number of benzene rings is 1. The van der Waals surface area contributed by atoms with Crippen LogP contribution < -0.4 is 5.32 Å². The maximum atomic E-state index is 11.5. The molecule has 0 aliphatic carbocycles. The van der Waals surface area contributed by atoms with E-state index in [2.05, 4.69) is 12.2 Å². The van der Waals surface area contributed by atoms with E-state index >= 15 is 0 Å². The summed E-state index contributed by atoms with van der Waals surface area (Å²) in [7, 11) is 0. The summed E-state index contributed by atoms with van der Waals surface area (Å²) in [5.41, 5.74) is 0.557. The lowest BCUT2D eigenvalue weighted by Crippen LogP contribution is -2.17. The normalized spacial score (nSPS) is 10.3. The number of esters is 1. The molecule has 0 aromatic heterocycles. The lowest BCUT2D eigenvalue weighted by molar-refractivity contribution is -0.141. The zero-order valence-electron chi connectivity index (χ0n) is 12.6. The molecular weight excluding hydrogens is 270 g/mol. The Kier molecular flexibility index (Phi) is 8.09. The van der Waals surface area contributed by atoms with Gasteiger partial charge in [-0.1, -0.05) is 39.0 Å². The van der Waals surface area contributed by atoms with Crippen LogP contribution in [0.2, 0.25) is 0 Å². The number of aromatic hydroxyl groups is 2. The molecule has 0 spiro atoms. The van der Waals surface area contributed by atoms with E-state index in [1.165, 1.54) is 37.8 Å². The van der Waals surface area contributed by atoms with Gasteiger partial charge in [-0.15, -0.1) is 0 Å². The summed E-state index contributed by atoms with van der Waals surface area (Å²) in [6, 6.07) is 4.30. The molecule has 5 nitrogen and oxygen atoms in total. The summed E-state index contributed by atoms with van der Waals surface area (Å²) in [5, 5.41) is 21.3. The molecule has 21 heavy (non-hydrogen) atoms. The van der Waals surface area contributed by atoms with Crippen LogP contribution in [0, 0.1) is 0 Å². The molecule has 1 aromatic carbocycles. The van der Waals surface area contributed by atoms with E-state index in [0.717, 1.165) is 12.8 Å². The molecular formula is C16H25NO4. The highest BCUT2D eigenvalue weighted by atomic mass is 16.5. The first-order valence-electron chi connectivity index (χ1n) is 7.55. The van der Waals surface area contributed by atoms with Crippen molar-refractivity contribution in [1.82, 2.24) is 0 Å². The number of unbranched alkanes of at least 4 members (excludes halogenated alkanes) is 5. The van der Waals surface area contributed by atoms with Crippen molar-refractivity contribution >= 4 is 11.7 Å². The van der Waals surface area contributed by atoms with Crippen LogP contribution in [0.4, 0.5) is 5.69 Å². The molecule has 3 N–H and O–H groups in total. The Morgan fingerprint density at radius 2 is 1.81 bits per heavy atom. The fourth-order valence-electron chi connectivity index (χ4n) is 1.93. The van der Waals surface area contributed by atoms with E-state index in [1.54, 1.807) is 6.07 Å². The molecule has 5 heteroatoms. The number of phenols is 2. The van der Waals surface area contributed by atoms with Crippen molar-refractivity contribution in [2.45, 2.75) is 45.4 Å². The Bertz CT molecular complexity index is 434. The highest BCUT2D eigenvalue weighted by molar-refractivity contribution is 5.75. The molecule has 0 heterocycles. The van der Waals surface area contributed by atoms with Crippen molar-refractivity contribution in [1.29, 1.82) is 0 Å². The molecule has 118 valence electrons. The Morgan fingerprint density at radius 1 is 1.10 bits per heavy atom. The summed E-state index contributed by atoms with van der Waals surface area (Å²) >= 11 is 0. The van der Waals surface area contributed by atoms with Crippen molar-refractivity contribution in [2.24, 2.45) is 0 Å². The number of carbonyl (C=O) groups excluding carboxylic acids is 1. The van der Waals surface area contributed by atoms with Gasteiger partial charge in [-0.05, 0) is 18.6 Å². The Labute approximate surface area is 125 Å². The number of nitrogens with one attached hydrogen (secondary N) is 1. The Hall–Kier alpha value is -1.91. The zero-order valence-corrected chi connectivity index (χ0v) is 12.6. The van der Waals surface area contributed by atoms with Gasteiger partial charge in [0.05, 0.1) is 6.61 Å². The number of carbonyl (C=O) groups is 1. The summed E-state index contributed by atoms with van der Waals surface area (Å²) < 4.78 is 5.11. The van der Waals surface area contributed by atoms with Crippen molar-refractivity contribution in [3.05, 3.63) is 18.2 Å². The summed E-state index contributed by atoms with van der Waals surface area (Å²) in [4.78, 5) is 11.5. The first-order chi connectivity index (χ1) is 10.1. The molecule has 0 aliphatic heterocycles. The third-order valence-corrected chi connectivity index (χ3v) is 3.17. The van der Waals surface area contributed by atoms with E-state index < -0.39 is 0 Å². The maximum Gasteiger partial charge on any atom is 0.325 e. The Balaban J connectivity index is 2.09. The van der Waals surface area contributed by atoms with Gasteiger partial charge in [-0.25, -0.2) is 0 Å². The maximum absolute atomic E-state index is 11.5. The van der Waals surface area contributed by atoms with Crippen molar-refractivity contribution in [2.75, 3.05) is 18.5 Å². The van der Waals surface area contributed by atoms with Gasteiger partial charge >= 0.3 is 5.97 Å². The van der Waals surface area contributed by atoms with Crippen LogP contribution in [0.3, 0.4) is 0 Å². The lowest BCUT2D eigenvalue weighted by atomic mass is 10.1. The van der Waals surface area contributed by atoms with Gasteiger partial charge < -0.3 is 20.3 Å². The van der Waals surface area contributed by atoms with Crippen LogP contribution in [0.15, 0.2) is 18.2 Å². The number of rotatable bonds is 10. The van der Waals surface area contributed by atoms with Gasteiger partial charge in [0.15, 0.2) is 11.5 Å². The number of hydrogen-bond donors (Lipinski definition) is 3. The minimum absolute atomic E-state index is 0.0417. The summed E-state index contributed by atoms with van der Waals surface area (Å²) in [6.45, 7) is 2.68. The van der Waals surface area contributed by atoms with Gasteiger partial charge in [0, 0.05) is 11.8 Å². The number of phenolic OH excluding ortho intramolecular Hbond substituents is 2. The van der Waals surface area contributed by atoms with Crippen LogP contribution in [-0.2, 0) is 9.53 Å². The topological polar surface area (TPSA) is 78.8 Å². The fourth-order valence-corrected chi connectivity index (χ4v) is 1.93. The average Bonchev–Trinajstić information content (AvgIpc) is 2.47. The quantitative estimate of drug-likeness (QED) is 0.267. The number of ether oxygens (including phenoxy) is 1. The average molecular weight is 295 g/mol. The van der Waals surface area contributed by atoms with Crippen molar-refractivity contribution in [3.8, 4) is 11.5 Å². The van der Waals surface area contributed by atoms with Gasteiger partial charge in [-0.2, -0.15) is 0 Å². The second-order valence-corrected chi connectivity index (χ2v) is 5.05. The summed E-state index contributed by atoms with van der Waals surface area (Å²) in [6.07, 6.45) is 6.92. The fraction of sp³-hybridized carbons (Fsp3) is 0.562. The molecule has 0 saturated carbocycles. The molecule has 0 saturated heterocycles. The van der Waals surface area contributed by atoms with Crippen LogP contribution in [-0.4, -0.2) is 29.3 Å². The second-order valence-electron chi connectivity index (χ2n) is 5.05. The van der Waals surface area contributed by atoms with Gasteiger partial charge in [-0.3, -0.25) is 4.79 Å². The third kappa shape index (κ3) is 7.44. The highest BCUT2D eigenvalue weighted by Gasteiger charge is 2.04. The van der Waals surface area contributed by atoms with E-state index in [4.69, 9.17) is 4.74 Å². The van der Waals surface area contributed by atoms with E-state index in [0.29, 0.717) is 12.3 Å². The van der Waals surface area contributed by atoms with Crippen LogP contribution in [0.1, 0.15) is 45.4 Å². The minimum atomic E-state index is -0.323. The molecule has 0 unspecified atom stereocenters. The van der Waals surface area contributed by atoms with Gasteiger partial charge in [0.2, 0.25) is 0 Å². The molecule has 0 fully saturated rings. The van der Waals surface area contributed by atoms with Crippen LogP contribution >= 0.6 is 0 Å². The molecule has 1 aromatic rings. The number of anilines is 1. The first-order valence-corrected chi connectivity index (χ1v) is 7.55. The minimum Gasteiger partial charge on any atom is -0.504 e. The summed E-state index contributed by atoms with van der Waals surface area (Å²) in [5.74, 6) is -0.734. The molecule has 0 atom stereocenters. The monoisotopic (exact) mass is 295 g/mol. The molecule has 0 amide bonds. The van der Waals surface area contributed by atoms with Gasteiger partial charge in [0.25, 0.3) is 0 Å². The molecule has 1 rings (SSSR count). The Morgan fingerprint density at radius 3 is 2.52 bits per heavy atom. The van der Waals surface area contributed by atoms with Crippen molar-refractivity contribution < 1.29 is 19.7 Å². The third-order valence-electron chi connectivity index (χ3n) is 3.17. The largest absolute Gasteiger partial charge is 0.504 e. The van der Waals surface area contributed by atoms with Crippen LogP contribution in [0.5, 0.6) is 11.5 Å². The predicted molar refractivity (Wildman–Crippen MR) is 82.6 cm³/mol.